The zero-order valence-electron chi connectivity index (χ0n) is 11.4. The van der Waals surface area contributed by atoms with Gasteiger partial charge in [-0.1, -0.05) is 30.3 Å². The molecule has 1 aromatic carbocycles. The zero-order valence-corrected chi connectivity index (χ0v) is 11.4. The van der Waals surface area contributed by atoms with Crippen molar-refractivity contribution in [2.24, 2.45) is 0 Å². The van der Waals surface area contributed by atoms with Gasteiger partial charge in [-0.2, -0.15) is 0 Å². The van der Waals surface area contributed by atoms with Crippen LogP contribution in [0.3, 0.4) is 0 Å². The van der Waals surface area contributed by atoms with Gasteiger partial charge < -0.3 is 15.1 Å². The van der Waals surface area contributed by atoms with Crippen molar-refractivity contribution in [2.75, 3.05) is 26.2 Å². The van der Waals surface area contributed by atoms with Crippen LogP contribution in [0, 0.1) is 0 Å². The molecule has 2 amide bonds. The highest BCUT2D eigenvalue weighted by atomic mass is 16.2. The monoisotopic (exact) mass is 259 g/mol. The Kier molecular flexibility index (Phi) is 3.42. The molecule has 0 aromatic heterocycles. The van der Waals surface area contributed by atoms with Crippen LogP contribution in [0.15, 0.2) is 30.3 Å². The summed E-state index contributed by atoms with van der Waals surface area (Å²) in [6.45, 7) is 5.67. The van der Waals surface area contributed by atoms with E-state index in [2.05, 4.69) is 24.4 Å². The molecule has 0 spiro atoms. The van der Waals surface area contributed by atoms with E-state index in [4.69, 9.17) is 0 Å². The Morgan fingerprint density at radius 3 is 2.84 bits per heavy atom. The lowest BCUT2D eigenvalue weighted by Gasteiger charge is -2.46. The summed E-state index contributed by atoms with van der Waals surface area (Å²) in [7, 11) is 0. The average Bonchev–Trinajstić information content (AvgIpc) is 2.48. The maximum atomic E-state index is 12.6. The van der Waals surface area contributed by atoms with E-state index >= 15 is 0 Å². The van der Waals surface area contributed by atoms with Crippen LogP contribution in [0.2, 0.25) is 0 Å². The van der Waals surface area contributed by atoms with Crippen molar-refractivity contribution < 1.29 is 4.79 Å². The topological polar surface area (TPSA) is 35.6 Å². The summed E-state index contributed by atoms with van der Waals surface area (Å²) in [4.78, 5) is 16.7. The number of carbonyl (C=O) groups excluding carboxylic acids is 1. The summed E-state index contributed by atoms with van der Waals surface area (Å²) < 4.78 is 0. The Morgan fingerprint density at radius 1 is 1.26 bits per heavy atom. The first-order valence-electron chi connectivity index (χ1n) is 7.10. The number of nitrogens with zero attached hydrogens (tertiary/aromatic N) is 2. The highest BCUT2D eigenvalue weighted by Crippen LogP contribution is 2.27. The summed E-state index contributed by atoms with van der Waals surface area (Å²) in [5.41, 5.74) is 1.21. The summed E-state index contributed by atoms with van der Waals surface area (Å²) in [5, 5.41) is 3.37. The molecular weight excluding hydrogens is 238 g/mol. The lowest BCUT2D eigenvalue weighted by Crippen LogP contribution is -2.61. The van der Waals surface area contributed by atoms with Gasteiger partial charge in [-0.3, -0.25) is 0 Å². The maximum Gasteiger partial charge on any atom is 0.320 e. The summed E-state index contributed by atoms with van der Waals surface area (Å²) in [6.07, 6.45) is 1.07. The number of fused-ring (bicyclic) bond motifs is 1. The maximum absolute atomic E-state index is 12.6. The molecule has 0 radical (unpaired) electrons. The zero-order chi connectivity index (χ0) is 13.2. The second-order valence-electron chi connectivity index (χ2n) is 5.40. The Morgan fingerprint density at radius 2 is 2.05 bits per heavy atom. The van der Waals surface area contributed by atoms with Gasteiger partial charge in [-0.25, -0.2) is 4.79 Å². The van der Waals surface area contributed by atoms with Crippen LogP contribution in [-0.2, 0) is 0 Å². The van der Waals surface area contributed by atoms with Gasteiger partial charge >= 0.3 is 6.03 Å². The number of urea groups is 1. The largest absolute Gasteiger partial charge is 0.320 e. The normalized spacial score (nSPS) is 25.1. The number of hydrogen-bond acceptors (Lipinski definition) is 2. The van der Waals surface area contributed by atoms with Crippen molar-refractivity contribution in [1.29, 1.82) is 0 Å². The van der Waals surface area contributed by atoms with Crippen molar-refractivity contribution in [3.63, 3.8) is 0 Å². The van der Waals surface area contributed by atoms with Gasteiger partial charge in [0.1, 0.15) is 0 Å². The fourth-order valence-electron chi connectivity index (χ4n) is 3.09. The van der Waals surface area contributed by atoms with Gasteiger partial charge in [0, 0.05) is 32.2 Å². The molecule has 1 aromatic rings. The van der Waals surface area contributed by atoms with Gasteiger partial charge in [-0.05, 0) is 18.9 Å². The predicted octanol–water partition coefficient (Wildman–Crippen LogP) is 1.85. The van der Waals surface area contributed by atoms with E-state index in [1.807, 2.05) is 28.0 Å². The Hall–Kier alpha value is -1.55. The molecule has 0 saturated carbocycles. The van der Waals surface area contributed by atoms with Gasteiger partial charge in [-0.15, -0.1) is 0 Å². The van der Waals surface area contributed by atoms with Crippen molar-refractivity contribution >= 4 is 6.03 Å². The molecule has 2 heterocycles. The van der Waals surface area contributed by atoms with E-state index in [-0.39, 0.29) is 12.1 Å². The molecule has 2 atom stereocenters. The highest BCUT2D eigenvalue weighted by molar-refractivity contribution is 5.76. The molecular formula is C15H21N3O. The molecule has 2 fully saturated rings. The Labute approximate surface area is 114 Å². The number of amides is 2. The van der Waals surface area contributed by atoms with E-state index in [0.29, 0.717) is 6.04 Å². The third kappa shape index (κ3) is 2.32. The average molecular weight is 259 g/mol. The molecule has 19 heavy (non-hydrogen) atoms. The summed E-state index contributed by atoms with van der Waals surface area (Å²) in [5.74, 6) is 0. The SMILES string of the molecule is CC(c1ccccc1)N1CCC2CNCCN2C1=O. The Balaban J connectivity index is 1.76. The first kappa shape index (κ1) is 12.5. The third-order valence-corrected chi connectivity index (χ3v) is 4.29. The first-order valence-corrected chi connectivity index (χ1v) is 7.10. The van der Waals surface area contributed by atoms with Gasteiger partial charge in [0.05, 0.1) is 6.04 Å². The van der Waals surface area contributed by atoms with E-state index in [9.17, 15) is 4.79 Å². The van der Waals surface area contributed by atoms with Crippen LogP contribution >= 0.6 is 0 Å². The number of rotatable bonds is 2. The van der Waals surface area contributed by atoms with Crippen LogP contribution in [0.1, 0.15) is 24.9 Å². The first-order chi connectivity index (χ1) is 9.27. The molecule has 3 rings (SSSR count). The minimum Gasteiger partial charge on any atom is -0.319 e. The van der Waals surface area contributed by atoms with Crippen LogP contribution < -0.4 is 5.32 Å². The molecule has 4 nitrogen and oxygen atoms in total. The quantitative estimate of drug-likeness (QED) is 0.879. The molecule has 102 valence electrons. The molecule has 0 bridgehead atoms. The van der Waals surface area contributed by atoms with Gasteiger partial charge in [0.25, 0.3) is 0 Å². The minimum atomic E-state index is 0.157. The van der Waals surface area contributed by atoms with E-state index in [1.165, 1.54) is 5.56 Å². The van der Waals surface area contributed by atoms with Crippen LogP contribution in [0.4, 0.5) is 4.79 Å². The predicted molar refractivity (Wildman–Crippen MR) is 74.9 cm³/mol. The third-order valence-electron chi connectivity index (χ3n) is 4.29. The van der Waals surface area contributed by atoms with Gasteiger partial charge in [0.15, 0.2) is 0 Å². The molecule has 0 aliphatic carbocycles. The smallest absolute Gasteiger partial charge is 0.319 e. The number of benzene rings is 1. The summed E-state index contributed by atoms with van der Waals surface area (Å²) in [6, 6.07) is 11.0. The van der Waals surface area contributed by atoms with E-state index in [1.54, 1.807) is 0 Å². The lowest BCUT2D eigenvalue weighted by molar-refractivity contribution is 0.0714. The molecule has 1 N–H and O–H groups in total. The lowest BCUT2D eigenvalue weighted by atomic mass is 10.0. The number of hydrogen-bond donors (Lipinski definition) is 1. The molecule has 2 aliphatic heterocycles. The molecule has 4 heteroatoms. The number of carbonyl (C=O) groups is 1. The Bertz CT molecular complexity index is 448. The highest BCUT2D eigenvalue weighted by Gasteiger charge is 2.36. The number of nitrogens with one attached hydrogen (secondary N) is 1. The molecule has 2 saturated heterocycles. The van der Waals surface area contributed by atoms with Crippen molar-refractivity contribution in [3.8, 4) is 0 Å². The van der Waals surface area contributed by atoms with Gasteiger partial charge in [0.2, 0.25) is 0 Å². The van der Waals surface area contributed by atoms with E-state index < -0.39 is 0 Å². The van der Waals surface area contributed by atoms with E-state index in [0.717, 1.165) is 32.6 Å². The second-order valence-corrected chi connectivity index (χ2v) is 5.40. The second kappa shape index (κ2) is 5.21. The van der Waals surface area contributed by atoms with Crippen LogP contribution in [0.25, 0.3) is 0 Å². The standard InChI is InChI=1S/C15H21N3O/c1-12(13-5-3-2-4-6-13)17-9-7-14-11-16-8-10-18(14)15(17)19/h2-6,12,14,16H,7-11H2,1H3. The van der Waals surface area contributed by atoms with Crippen molar-refractivity contribution in [3.05, 3.63) is 35.9 Å². The fraction of sp³-hybridized carbons (Fsp3) is 0.533. The number of piperazine rings is 1. The minimum absolute atomic E-state index is 0.157. The summed E-state index contributed by atoms with van der Waals surface area (Å²) >= 11 is 0. The van der Waals surface area contributed by atoms with Crippen molar-refractivity contribution in [2.45, 2.75) is 25.4 Å². The molecule has 2 unspecified atom stereocenters. The van der Waals surface area contributed by atoms with Crippen LogP contribution in [-0.4, -0.2) is 48.1 Å². The molecule has 2 aliphatic rings. The fourth-order valence-corrected chi connectivity index (χ4v) is 3.09. The van der Waals surface area contributed by atoms with Crippen molar-refractivity contribution in [1.82, 2.24) is 15.1 Å². The van der Waals surface area contributed by atoms with Crippen LogP contribution in [0.5, 0.6) is 0 Å².